The summed E-state index contributed by atoms with van der Waals surface area (Å²) in [6, 6.07) is 13.3. The van der Waals surface area contributed by atoms with E-state index in [0.717, 1.165) is 30.5 Å². The van der Waals surface area contributed by atoms with Crippen LogP contribution in [0.25, 0.3) is 0 Å². The number of para-hydroxylation sites is 1. The van der Waals surface area contributed by atoms with Gasteiger partial charge in [-0.1, -0.05) is 25.1 Å². The number of aryl methyl sites for hydroxylation is 1. The van der Waals surface area contributed by atoms with Gasteiger partial charge in [-0.25, -0.2) is 8.42 Å². The summed E-state index contributed by atoms with van der Waals surface area (Å²) in [5.41, 5.74) is 2.04. The van der Waals surface area contributed by atoms with Crippen LogP contribution in [-0.4, -0.2) is 44.2 Å². The second-order valence-corrected chi connectivity index (χ2v) is 8.82. The maximum Gasteiger partial charge on any atom is 0.251 e. The molecule has 1 aliphatic rings. The second-order valence-electron chi connectivity index (χ2n) is 6.88. The quantitative estimate of drug-likeness (QED) is 0.726. The smallest absolute Gasteiger partial charge is 0.251 e. The molecule has 2 aromatic rings. The fourth-order valence-electron chi connectivity index (χ4n) is 3.26. The molecule has 1 heterocycles. The molecule has 3 rings (SSSR count). The van der Waals surface area contributed by atoms with Crippen molar-refractivity contribution in [2.45, 2.75) is 31.1 Å². The third kappa shape index (κ3) is 5.02. The van der Waals surface area contributed by atoms with E-state index in [-0.39, 0.29) is 17.3 Å². The first-order valence-electron chi connectivity index (χ1n) is 9.68. The van der Waals surface area contributed by atoms with Gasteiger partial charge in [-0.3, -0.25) is 9.59 Å². The molecule has 0 atom stereocenters. The number of rotatable bonds is 7. The molecule has 1 fully saturated rings. The van der Waals surface area contributed by atoms with Crippen molar-refractivity contribution in [1.82, 2.24) is 9.62 Å². The van der Waals surface area contributed by atoms with Gasteiger partial charge in [0.25, 0.3) is 5.91 Å². The Balaban J connectivity index is 1.57. The van der Waals surface area contributed by atoms with Crippen LogP contribution in [0.5, 0.6) is 0 Å². The minimum atomic E-state index is -3.51. The Bertz CT molecular complexity index is 981. The van der Waals surface area contributed by atoms with E-state index in [1.54, 1.807) is 0 Å². The van der Waals surface area contributed by atoms with E-state index in [9.17, 15) is 18.0 Å². The van der Waals surface area contributed by atoms with Gasteiger partial charge < -0.3 is 10.6 Å². The average molecular weight is 416 g/mol. The molecule has 0 aromatic heterocycles. The number of benzene rings is 2. The maximum atomic E-state index is 12.5. The maximum absolute atomic E-state index is 12.5. The SMILES string of the molecule is CCc1ccccc1NC(=O)CNC(=O)c1ccc(S(=O)(=O)N2CCCC2)cc1. The first-order chi connectivity index (χ1) is 13.9. The van der Waals surface area contributed by atoms with E-state index in [1.165, 1.54) is 28.6 Å². The molecule has 0 aliphatic carbocycles. The van der Waals surface area contributed by atoms with E-state index in [2.05, 4.69) is 10.6 Å². The van der Waals surface area contributed by atoms with Gasteiger partial charge in [0.2, 0.25) is 15.9 Å². The van der Waals surface area contributed by atoms with Crippen molar-refractivity contribution in [3.8, 4) is 0 Å². The monoisotopic (exact) mass is 415 g/mol. The van der Waals surface area contributed by atoms with Crippen molar-refractivity contribution in [3.63, 3.8) is 0 Å². The third-order valence-corrected chi connectivity index (χ3v) is 6.81. The molecule has 0 spiro atoms. The summed E-state index contributed by atoms with van der Waals surface area (Å²) in [4.78, 5) is 24.6. The summed E-state index contributed by atoms with van der Waals surface area (Å²) >= 11 is 0. The lowest BCUT2D eigenvalue weighted by Crippen LogP contribution is -2.33. The Morgan fingerprint density at radius 2 is 1.66 bits per heavy atom. The van der Waals surface area contributed by atoms with Gasteiger partial charge in [-0.05, 0) is 55.2 Å². The van der Waals surface area contributed by atoms with E-state index in [0.29, 0.717) is 18.7 Å². The molecule has 2 aromatic carbocycles. The highest BCUT2D eigenvalue weighted by atomic mass is 32.2. The topological polar surface area (TPSA) is 95.6 Å². The molecule has 0 radical (unpaired) electrons. The lowest BCUT2D eigenvalue weighted by Gasteiger charge is -2.15. The molecule has 1 saturated heterocycles. The van der Waals surface area contributed by atoms with E-state index < -0.39 is 15.9 Å². The molecule has 2 N–H and O–H groups in total. The summed E-state index contributed by atoms with van der Waals surface area (Å²) in [6.07, 6.45) is 2.52. The molecule has 0 unspecified atom stereocenters. The zero-order valence-corrected chi connectivity index (χ0v) is 17.2. The highest BCUT2D eigenvalue weighted by Gasteiger charge is 2.27. The van der Waals surface area contributed by atoms with Gasteiger partial charge in [-0.2, -0.15) is 4.31 Å². The number of hydrogen-bond donors (Lipinski definition) is 2. The number of nitrogens with one attached hydrogen (secondary N) is 2. The Hall–Kier alpha value is -2.71. The molecular weight excluding hydrogens is 390 g/mol. The van der Waals surface area contributed by atoms with Crippen LogP contribution < -0.4 is 10.6 Å². The van der Waals surface area contributed by atoms with Crippen molar-refractivity contribution in [2.24, 2.45) is 0 Å². The normalized spacial score (nSPS) is 14.5. The number of hydrogen-bond acceptors (Lipinski definition) is 4. The van der Waals surface area contributed by atoms with Crippen molar-refractivity contribution < 1.29 is 18.0 Å². The number of sulfonamides is 1. The van der Waals surface area contributed by atoms with Crippen molar-refractivity contribution in [3.05, 3.63) is 59.7 Å². The molecule has 154 valence electrons. The Labute approximate surface area is 171 Å². The van der Waals surface area contributed by atoms with Crippen LogP contribution in [0, 0.1) is 0 Å². The first kappa shape index (κ1) is 21.0. The summed E-state index contributed by atoms with van der Waals surface area (Å²) in [5.74, 6) is -0.762. The third-order valence-electron chi connectivity index (χ3n) is 4.90. The van der Waals surface area contributed by atoms with Crippen molar-refractivity contribution in [1.29, 1.82) is 0 Å². The van der Waals surface area contributed by atoms with Crippen molar-refractivity contribution in [2.75, 3.05) is 25.0 Å². The number of carbonyl (C=O) groups is 2. The zero-order valence-electron chi connectivity index (χ0n) is 16.3. The number of nitrogens with zero attached hydrogens (tertiary/aromatic N) is 1. The Kier molecular flexibility index (Phi) is 6.66. The molecule has 1 aliphatic heterocycles. The summed E-state index contributed by atoms with van der Waals surface area (Å²) in [5, 5.41) is 5.35. The van der Waals surface area contributed by atoms with Crippen LogP contribution in [0.2, 0.25) is 0 Å². The minimum Gasteiger partial charge on any atom is -0.343 e. The van der Waals surface area contributed by atoms with Gasteiger partial charge >= 0.3 is 0 Å². The number of carbonyl (C=O) groups excluding carboxylic acids is 2. The van der Waals surface area contributed by atoms with Gasteiger partial charge in [0.1, 0.15) is 0 Å². The van der Waals surface area contributed by atoms with Crippen LogP contribution in [-0.2, 0) is 21.2 Å². The fraction of sp³-hybridized carbons (Fsp3) is 0.333. The predicted molar refractivity (Wildman–Crippen MR) is 111 cm³/mol. The highest BCUT2D eigenvalue weighted by Crippen LogP contribution is 2.21. The number of anilines is 1. The lowest BCUT2D eigenvalue weighted by atomic mass is 10.1. The molecule has 0 bridgehead atoms. The van der Waals surface area contributed by atoms with Crippen LogP contribution in [0.1, 0.15) is 35.7 Å². The molecule has 7 nitrogen and oxygen atoms in total. The number of amides is 2. The molecule has 0 saturated carbocycles. The molecule has 29 heavy (non-hydrogen) atoms. The Morgan fingerprint density at radius 1 is 1.00 bits per heavy atom. The van der Waals surface area contributed by atoms with Gasteiger partial charge in [0.15, 0.2) is 0 Å². The van der Waals surface area contributed by atoms with E-state index in [1.807, 2.05) is 31.2 Å². The van der Waals surface area contributed by atoms with E-state index in [4.69, 9.17) is 0 Å². The van der Waals surface area contributed by atoms with Crippen LogP contribution in [0.4, 0.5) is 5.69 Å². The van der Waals surface area contributed by atoms with Crippen LogP contribution >= 0.6 is 0 Å². The predicted octanol–water partition coefficient (Wildman–Crippen LogP) is 2.40. The van der Waals surface area contributed by atoms with Crippen LogP contribution in [0.3, 0.4) is 0 Å². The second kappa shape index (κ2) is 9.19. The fourth-order valence-corrected chi connectivity index (χ4v) is 4.78. The summed E-state index contributed by atoms with van der Waals surface area (Å²) < 4.78 is 26.5. The van der Waals surface area contributed by atoms with Gasteiger partial charge in [0, 0.05) is 24.3 Å². The average Bonchev–Trinajstić information content (AvgIpc) is 3.28. The standard InChI is InChI=1S/C21H25N3O4S/c1-2-16-7-3-4-8-19(16)23-20(25)15-22-21(26)17-9-11-18(12-10-17)29(27,28)24-13-5-6-14-24/h3-4,7-12H,2,5-6,13-15H2,1H3,(H,22,26)(H,23,25). The summed E-state index contributed by atoms with van der Waals surface area (Å²) in [7, 11) is -3.51. The molecule has 8 heteroatoms. The largest absolute Gasteiger partial charge is 0.343 e. The van der Waals surface area contributed by atoms with Crippen molar-refractivity contribution >= 4 is 27.5 Å². The van der Waals surface area contributed by atoms with Crippen LogP contribution in [0.15, 0.2) is 53.4 Å². The zero-order chi connectivity index (χ0) is 20.9. The molecule has 2 amide bonds. The minimum absolute atomic E-state index is 0.171. The highest BCUT2D eigenvalue weighted by molar-refractivity contribution is 7.89. The van der Waals surface area contributed by atoms with Gasteiger partial charge in [-0.15, -0.1) is 0 Å². The van der Waals surface area contributed by atoms with E-state index >= 15 is 0 Å². The molecular formula is C21H25N3O4S. The first-order valence-corrected chi connectivity index (χ1v) is 11.1. The van der Waals surface area contributed by atoms with Gasteiger partial charge in [0.05, 0.1) is 11.4 Å². The lowest BCUT2D eigenvalue weighted by molar-refractivity contribution is -0.115. The Morgan fingerprint density at radius 3 is 2.31 bits per heavy atom. The summed E-state index contributed by atoms with van der Waals surface area (Å²) in [6.45, 7) is 2.88.